The molecule has 0 spiro atoms. The maximum absolute atomic E-state index is 13.3. The largest absolute Gasteiger partial charge is 0.481 e. The molecule has 0 saturated heterocycles. The highest BCUT2D eigenvalue weighted by Crippen LogP contribution is 2.33. The molecule has 15 heavy (non-hydrogen) atoms. The van der Waals surface area contributed by atoms with Gasteiger partial charge in [-0.3, -0.25) is 4.79 Å². The quantitative estimate of drug-likeness (QED) is 0.921. The van der Waals surface area contributed by atoms with Crippen molar-refractivity contribution in [1.82, 2.24) is 0 Å². The van der Waals surface area contributed by atoms with Crippen LogP contribution >= 0.6 is 15.9 Å². The molecule has 0 aliphatic carbocycles. The van der Waals surface area contributed by atoms with Gasteiger partial charge in [-0.2, -0.15) is 0 Å². The SMILES string of the molecule is Cc1ccc(C(F)(F)CC(=O)O)cc1Br. The number of hydrogen-bond acceptors (Lipinski definition) is 1. The first-order chi connectivity index (χ1) is 6.83. The Labute approximate surface area is 94.0 Å². The fourth-order valence-electron chi connectivity index (χ4n) is 1.11. The highest BCUT2D eigenvalue weighted by Gasteiger charge is 2.34. The topological polar surface area (TPSA) is 37.3 Å². The molecule has 0 saturated carbocycles. The molecule has 0 bridgehead atoms. The normalized spacial score (nSPS) is 11.5. The van der Waals surface area contributed by atoms with Gasteiger partial charge in [0.2, 0.25) is 0 Å². The Morgan fingerprint density at radius 1 is 1.53 bits per heavy atom. The lowest BCUT2D eigenvalue weighted by molar-refractivity contribution is -0.145. The van der Waals surface area contributed by atoms with Crippen LogP contribution in [-0.2, 0) is 10.7 Å². The van der Waals surface area contributed by atoms with Gasteiger partial charge in [0.1, 0.15) is 6.42 Å². The Hall–Kier alpha value is -0.970. The molecule has 0 heterocycles. The Balaban J connectivity index is 3.04. The summed E-state index contributed by atoms with van der Waals surface area (Å²) in [5.41, 5.74) is 0.534. The van der Waals surface area contributed by atoms with E-state index in [0.717, 1.165) is 5.56 Å². The van der Waals surface area contributed by atoms with E-state index < -0.39 is 18.3 Å². The lowest BCUT2D eigenvalue weighted by Gasteiger charge is -2.15. The number of carboxylic acid groups (broad SMARTS) is 1. The van der Waals surface area contributed by atoms with Crippen LogP contribution < -0.4 is 0 Å². The number of halogens is 3. The summed E-state index contributed by atoms with van der Waals surface area (Å²) in [7, 11) is 0. The molecule has 0 aliphatic rings. The molecule has 5 heteroatoms. The van der Waals surface area contributed by atoms with Gasteiger partial charge in [-0.1, -0.05) is 28.1 Å². The van der Waals surface area contributed by atoms with Crippen molar-refractivity contribution in [2.45, 2.75) is 19.3 Å². The number of alkyl halides is 2. The average molecular weight is 279 g/mol. The van der Waals surface area contributed by atoms with E-state index >= 15 is 0 Å². The van der Waals surface area contributed by atoms with Crippen molar-refractivity contribution in [2.24, 2.45) is 0 Å². The predicted octanol–water partition coefficient (Wildman–Crippen LogP) is 3.32. The summed E-state index contributed by atoms with van der Waals surface area (Å²) < 4.78 is 27.2. The zero-order valence-corrected chi connectivity index (χ0v) is 9.51. The molecule has 1 aromatic rings. The minimum atomic E-state index is -3.33. The molecule has 1 rings (SSSR count). The van der Waals surface area contributed by atoms with Gasteiger partial charge in [-0.05, 0) is 18.6 Å². The Kier molecular flexibility index (Phi) is 3.44. The number of aryl methyl sites for hydroxylation is 1. The number of rotatable bonds is 3. The molecule has 1 N–H and O–H groups in total. The first-order valence-corrected chi connectivity index (χ1v) is 4.98. The van der Waals surface area contributed by atoms with Crippen LogP contribution in [0.25, 0.3) is 0 Å². The van der Waals surface area contributed by atoms with Gasteiger partial charge < -0.3 is 5.11 Å². The van der Waals surface area contributed by atoms with Crippen molar-refractivity contribution in [1.29, 1.82) is 0 Å². The molecular weight excluding hydrogens is 270 g/mol. The van der Waals surface area contributed by atoms with Gasteiger partial charge in [0.05, 0.1) is 0 Å². The van der Waals surface area contributed by atoms with Crippen molar-refractivity contribution in [3.05, 3.63) is 33.8 Å². The third-order valence-corrected chi connectivity index (χ3v) is 2.82. The Morgan fingerprint density at radius 2 is 2.13 bits per heavy atom. The molecule has 82 valence electrons. The summed E-state index contributed by atoms with van der Waals surface area (Å²) in [4.78, 5) is 10.2. The van der Waals surface area contributed by atoms with Crippen LogP contribution in [0.15, 0.2) is 22.7 Å². The monoisotopic (exact) mass is 278 g/mol. The van der Waals surface area contributed by atoms with Crippen LogP contribution in [0.1, 0.15) is 17.5 Å². The number of carboxylic acids is 1. The lowest BCUT2D eigenvalue weighted by Crippen LogP contribution is -2.18. The second kappa shape index (κ2) is 4.26. The second-order valence-corrected chi connectivity index (χ2v) is 4.09. The van der Waals surface area contributed by atoms with Crippen molar-refractivity contribution in [3.8, 4) is 0 Å². The summed E-state index contributed by atoms with van der Waals surface area (Å²) in [6, 6.07) is 4.01. The van der Waals surface area contributed by atoms with E-state index in [4.69, 9.17) is 5.11 Å². The summed E-state index contributed by atoms with van der Waals surface area (Å²) in [5, 5.41) is 8.34. The number of aliphatic carboxylic acids is 1. The molecule has 0 unspecified atom stereocenters. The molecule has 0 aliphatic heterocycles. The van der Waals surface area contributed by atoms with Crippen LogP contribution in [0.5, 0.6) is 0 Å². The summed E-state index contributed by atoms with van der Waals surface area (Å²) in [5.74, 6) is -4.85. The van der Waals surface area contributed by atoms with Crippen molar-refractivity contribution in [3.63, 3.8) is 0 Å². The maximum Gasteiger partial charge on any atom is 0.309 e. The van der Waals surface area contributed by atoms with E-state index in [1.807, 2.05) is 0 Å². The first-order valence-electron chi connectivity index (χ1n) is 4.19. The van der Waals surface area contributed by atoms with E-state index in [2.05, 4.69) is 15.9 Å². The molecule has 0 fully saturated rings. The van der Waals surface area contributed by atoms with E-state index in [-0.39, 0.29) is 5.56 Å². The number of hydrogen-bond donors (Lipinski definition) is 1. The van der Waals surface area contributed by atoms with Crippen molar-refractivity contribution >= 4 is 21.9 Å². The lowest BCUT2D eigenvalue weighted by atomic mass is 10.0. The standard InChI is InChI=1S/C10H9BrF2O2/c1-6-2-3-7(4-8(6)11)10(12,13)5-9(14)15/h2-4H,5H2,1H3,(H,14,15). The highest BCUT2D eigenvalue weighted by molar-refractivity contribution is 9.10. The minimum Gasteiger partial charge on any atom is -0.481 e. The van der Waals surface area contributed by atoms with Gasteiger partial charge in [-0.15, -0.1) is 0 Å². The third-order valence-electron chi connectivity index (χ3n) is 1.97. The Bertz CT molecular complexity index is 391. The van der Waals surface area contributed by atoms with E-state index in [1.54, 1.807) is 6.92 Å². The van der Waals surface area contributed by atoms with Crippen LogP contribution in [0.2, 0.25) is 0 Å². The summed E-state index contributed by atoms with van der Waals surface area (Å²) in [6.45, 7) is 1.77. The van der Waals surface area contributed by atoms with Crippen LogP contribution in [0.3, 0.4) is 0 Å². The molecule has 0 amide bonds. The number of carbonyl (C=O) groups is 1. The van der Waals surface area contributed by atoms with Crippen molar-refractivity contribution in [2.75, 3.05) is 0 Å². The molecule has 0 aromatic heterocycles. The third kappa shape index (κ3) is 2.99. The van der Waals surface area contributed by atoms with E-state index in [1.165, 1.54) is 18.2 Å². The second-order valence-electron chi connectivity index (χ2n) is 3.24. The fraction of sp³-hybridized carbons (Fsp3) is 0.300. The van der Waals surface area contributed by atoms with E-state index in [9.17, 15) is 13.6 Å². The van der Waals surface area contributed by atoms with Gasteiger partial charge in [0, 0.05) is 10.0 Å². The fourth-order valence-corrected chi connectivity index (χ4v) is 1.49. The zero-order chi connectivity index (χ0) is 11.6. The molecule has 2 nitrogen and oxygen atoms in total. The Morgan fingerprint density at radius 3 is 2.60 bits per heavy atom. The van der Waals surface area contributed by atoms with Crippen molar-refractivity contribution < 1.29 is 18.7 Å². The van der Waals surface area contributed by atoms with E-state index in [0.29, 0.717) is 4.47 Å². The van der Waals surface area contributed by atoms with Crippen LogP contribution in [0.4, 0.5) is 8.78 Å². The van der Waals surface area contributed by atoms with Gasteiger partial charge in [-0.25, -0.2) is 8.78 Å². The zero-order valence-electron chi connectivity index (χ0n) is 7.93. The first kappa shape index (κ1) is 12.1. The minimum absolute atomic E-state index is 0.289. The summed E-state index contributed by atoms with van der Waals surface area (Å²) >= 11 is 3.12. The molecule has 1 aromatic carbocycles. The van der Waals surface area contributed by atoms with Gasteiger partial charge in [0.15, 0.2) is 0 Å². The number of benzene rings is 1. The molecule has 0 atom stereocenters. The van der Waals surface area contributed by atoms with Gasteiger partial charge >= 0.3 is 5.97 Å². The molecular formula is C10H9BrF2O2. The highest BCUT2D eigenvalue weighted by atomic mass is 79.9. The average Bonchev–Trinajstić information content (AvgIpc) is 2.07. The van der Waals surface area contributed by atoms with Crippen LogP contribution in [-0.4, -0.2) is 11.1 Å². The van der Waals surface area contributed by atoms with Gasteiger partial charge in [0.25, 0.3) is 5.92 Å². The van der Waals surface area contributed by atoms with Crippen LogP contribution in [0, 0.1) is 6.92 Å². The smallest absolute Gasteiger partial charge is 0.309 e. The molecule has 0 radical (unpaired) electrons. The predicted molar refractivity (Wildman–Crippen MR) is 55.0 cm³/mol. The maximum atomic E-state index is 13.3. The summed E-state index contributed by atoms with van der Waals surface area (Å²) in [6.07, 6.45) is -1.19.